The number of fused-ring (bicyclic) bond motifs is 1. The highest BCUT2D eigenvalue weighted by molar-refractivity contribution is 7.89. The maximum Gasteiger partial charge on any atom is 0.241 e. The van der Waals surface area contributed by atoms with Gasteiger partial charge in [0.15, 0.2) is 11.5 Å². The number of ether oxygens (including phenoxy) is 2. The molecular weight excluding hydrogens is 653 g/mol. The lowest BCUT2D eigenvalue weighted by Crippen LogP contribution is -2.26. The Labute approximate surface area is 296 Å². The van der Waals surface area contributed by atoms with Gasteiger partial charge in [0.05, 0.1) is 19.1 Å². The molecule has 0 aliphatic heterocycles. The molecule has 0 atom stereocenters. The third-order valence-corrected chi connectivity index (χ3v) is 10.7. The fraction of sp³-hybridized carbons (Fsp3) is 0.486. The van der Waals surface area contributed by atoms with E-state index in [1.807, 2.05) is 61.5 Å². The average Bonchev–Trinajstić information content (AvgIpc) is 3.11. The van der Waals surface area contributed by atoms with Crippen molar-refractivity contribution in [3.05, 3.63) is 60.2 Å². The molecule has 1 heterocycles. The quantitative estimate of drug-likeness (QED) is 0.0826. The van der Waals surface area contributed by atoms with Gasteiger partial charge in [-0.3, -0.25) is 0 Å². The molecule has 0 amide bonds. The van der Waals surface area contributed by atoms with Gasteiger partial charge in [0.2, 0.25) is 27.9 Å². The summed E-state index contributed by atoms with van der Waals surface area (Å²) in [6, 6.07) is 17.3. The molecule has 4 aromatic rings. The van der Waals surface area contributed by atoms with Gasteiger partial charge in [-0.25, -0.2) is 13.1 Å². The van der Waals surface area contributed by atoms with Crippen molar-refractivity contribution in [2.45, 2.75) is 75.8 Å². The van der Waals surface area contributed by atoms with Gasteiger partial charge in [-0.1, -0.05) is 56.2 Å². The van der Waals surface area contributed by atoms with E-state index in [0.717, 1.165) is 66.5 Å². The van der Waals surface area contributed by atoms with Crippen molar-refractivity contribution in [1.82, 2.24) is 19.7 Å². The van der Waals surface area contributed by atoms with E-state index >= 15 is 0 Å². The summed E-state index contributed by atoms with van der Waals surface area (Å²) in [5, 5.41) is 11.9. The van der Waals surface area contributed by atoms with Gasteiger partial charge < -0.3 is 30.3 Å². The molecule has 0 bridgehead atoms. The number of sulfonamides is 1. The molecule has 4 N–H and O–H groups in total. The van der Waals surface area contributed by atoms with Crippen LogP contribution < -0.4 is 35.0 Å². The first kappa shape index (κ1) is 36.9. The number of anilines is 4. The van der Waals surface area contributed by atoms with Gasteiger partial charge in [0, 0.05) is 61.8 Å². The van der Waals surface area contributed by atoms with E-state index in [4.69, 9.17) is 19.4 Å². The zero-order valence-corrected chi connectivity index (χ0v) is 30.8. The number of rotatable bonds is 18. The second-order valence-electron chi connectivity index (χ2n) is 13.2. The first-order valence-corrected chi connectivity index (χ1v) is 19.1. The maximum absolute atomic E-state index is 13.2. The van der Waals surface area contributed by atoms with Gasteiger partial charge >= 0.3 is 0 Å². The van der Waals surface area contributed by atoms with Gasteiger partial charge in [0.25, 0.3) is 0 Å². The molecule has 12 nitrogen and oxygen atoms in total. The number of para-hydroxylation sites is 1. The number of hydrogen-bond donors (Lipinski definition) is 4. The van der Waals surface area contributed by atoms with E-state index in [-0.39, 0.29) is 0 Å². The summed E-state index contributed by atoms with van der Waals surface area (Å²) in [6.45, 7) is 3.83. The Morgan fingerprint density at radius 2 is 1.42 bits per heavy atom. The molecule has 270 valence electrons. The number of benzene rings is 3. The smallest absolute Gasteiger partial charge is 0.241 e. The second kappa shape index (κ2) is 17.5. The van der Waals surface area contributed by atoms with E-state index in [1.165, 1.54) is 12.8 Å². The Balaban J connectivity index is 1.13. The van der Waals surface area contributed by atoms with Crippen molar-refractivity contribution < 1.29 is 17.9 Å². The number of hydrogen-bond acceptors (Lipinski definition) is 11. The number of unbranched alkanes of at least 4 members (excludes halogenated alkanes) is 3. The lowest BCUT2D eigenvalue weighted by Gasteiger charge is -2.27. The summed E-state index contributed by atoms with van der Waals surface area (Å²) in [5.74, 6) is 3.62. The molecule has 5 rings (SSSR count). The molecular formula is C37H52N8O4S. The molecule has 50 heavy (non-hydrogen) atoms. The molecule has 1 aliphatic rings. The van der Waals surface area contributed by atoms with Crippen molar-refractivity contribution in [3.8, 4) is 11.5 Å². The van der Waals surface area contributed by atoms with E-state index in [9.17, 15) is 8.42 Å². The van der Waals surface area contributed by atoms with Crippen LogP contribution in [0.2, 0.25) is 0 Å². The van der Waals surface area contributed by atoms with Crippen molar-refractivity contribution in [3.63, 3.8) is 0 Å². The molecule has 1 aliphatic carbocycles. The maximum atomic E-state index is 13.2. The summed E-state index contributed by atoms with van der Waals surface area (Å²) in [6.07, 6.45) is 8.03. The first-order chi connectivity index (χ1) is 24.2. The molecule has 1 aromatic heterocycles. The first-order valence-electron chi connectivity index (χ1n) is 17.6. The lowest BCUT2D eigenvalue weighted by molar-refractivity contribution is 0.352. The summed E-state index contributed by atoms with van der Waals surface area (Å²) < 4.78 is 40.3. The molecule has 3 aromatic carbocycles. The fourth-order valence-electron chi connectivity index (χ4n) is 6.43. The summed E-state index contributed by atoms with van der Waals surface area (Å²) in [5.41, 5.74) is 1.91. The summed E-state index contributed by atoms with van der Waals surface area (Å²) in [4.78, 5) is 16.3. The fourth-order valence-corrected chi connectivity index (χ4v) is 7.72. The number of aromatic nitrogens is 3. The van der Waals surface area contributed by atoms with Crippen LogP contribution in [-0.4, -0.2) is 70.8 Å². The normalized spacial score (nSPS) is 16.2. The Kier molecular flexibility index (Phi) is 12.9. The van der Waals surface area contributed by atoms with Crippen molar-refractivity contribution in [1.29, 1.82) is 0 Å². The SMILES string of the molecule is COc1cccc(CNc2nc(NCCCCCCNS(=O)(=O)c3cccc4c(N(C)C)cccc34)nc(NC3CCC(C)CC3)n2)c1OC. The molecule has 1 saturated carbocycles. The van der Waals surface area contributed by atoms with Crippen LogP contribution in [-0.2, 0) is 16.6 Å². The van der Waals surface area contributed by atoms with Crippen LogP contribution in [0.15, 0.2) is 59.5 Å². The van der Waals surface area contributed by atoms with Gasteiger partial charge in [0.1, 0.15) is 0 Å². The number of methoxy groups -OCH3 is 2. The van der Waals surface area contributed by atoms with Gasteiger partial charge in [-0.05, 0) is 62.6 Å². The van der Waals surface area contributed by atoms with Gasteiger partial charge in [-0.2, -0.15) is 15.0 Å². The molecule has 1 fully saturated rings. The van der Waals surface area contributed by atoms with Crippen LogP contribution in [0.1, 0.15) is 63.9 Å². The van der Waals surface area contributed by atoms with E-state index < -0.39 is 10.0 Å². The topological polar surface area (TPSA) is 143 Å². The van der Waals surface area contributed by atoms with Crippen LogP contribution in [0.3, 0.4) is 0 Å². The van der Waals surface area contributed by atoms with Gasteiger partial charge in [-0.15, -0.1) is 0 Å². The highest BCUT2D eigenvalue weighted by Crippen LogP contribution is 2.32. The van der Waals surface area contributed by atoms with Crippen LogP contribution in [0, 0.1) is 5.92 Å². The minimum atomic E-state index is -3.64. The molecule has 0 radical (unpaired) electrons. The monoisotopic (exact) mass is 704 g/mol. The Morgan fingerprint density at radius 1 is 0.760 bits per heavy atom. The lowest BCUT2D eigenvalue weighted by atomic mass is 9.87. The van der Waals surface area contributed by atoms with Crippen LogP contribution in [0.25, 0.3) is 10.8 Å². The van der Waals surface area contributed by atoms with E-state index in [0.29, 0.717) is 59.9 Å². The largest absolute Gasteiger partial charge is 0.493 e. The van der Waals surface area contributed by atoms with Crippen molar-refractivity contribution in [2.24, 2.45) is 5.92 Å². The minimum absolute atomic E-state index is 0.309. The van der Waals surface area contributed by atoms with Crippen LogP contribution in [0.4, 0.5) is 23.5 Å². The third-order valence-electron chi connectivity index (χ3n) is 9.22. The summed E-state index contributed by atoms with van der Waals surface area (Å²) in [7, 11) is 3.52. The highest BCUT2D eigenvalue weighted by Gasteiger charge is 2.20. The van der Waals surface area contributed by atoms with Crippen LogP contribution in [0.5, 0.6) is 11.5 Å². The average molecular weight is 705 g/mol. The second-order valence-corrected chi connectivity index (χ2v) is 14.9. The van der Waals surface area contributed by atoms with Crippen molar-refractivity contribution >= 4 is 44.3 Å². The predicted octanol–water partition coefficient (Wildman–Crippen LogP) is 6.66. The molecule has 0 saturated heterocycles. The minimum Gasteiger partial charge on any atom is -0.493 e. The Morgan fingerprint density at radius 3 is 2.14 bits per heavy atom. The molecule has 0 unspecified atom stereocenters. The third kappa shape index (κ3) is 9.66. The Hall–Kier alpha value is -4.36. The standard InChI is InChI=1S/C37H52N8O4S/c1-26-19-21-28(22-20-26)41-37-43-35(42-36(44-37)39-25-27-13-10-17-32(48-4)34(27)49-5)38-23-8-6-7-9-24-40-50(46,47)33-18-12-14-29-30(33)15-11-16-31(29)45(2)3/h10-18,26,28,40H,6-9,19-25H2,1-5H3,(H3,38,39,41,42,43,44). The molecule has 0 spiro atoms. The number of nitrogens with zero attached hydrogens (tertiary/aromatic N) is 4. The van der Waals surface area contributed by atoms with E-state index in [1.54, 1.807) is 26.4 Å². The molecule has 13 heteroatoms. The van der Waals surface area contributed by atoms with Crippen molar-refractivity contribution in [2.75, 3.05) is 62.3 Å². The number of nitrogens with one attached hydrogen (secondary N) is 4. The predicted molar refractivity (Wildman–Crippen MR) is 202 cm³/mol. The highest BCUT2D eigenvalue weighted by atomic mass is 32.2. The zero-order chi connectivity index (χ0) is 35.5. The Bertz CT molecular complexity index is 1810. The zero-order valence-electron chi connectivity index (χ0n) is 30.0. The van der Waals surface area contributed by atoms with Crippen LogP contribution >= 0.6 is 0 Å². The van der Waals surface area contributed by atoms with E-state index in [2.05, 4.69) is 32.6 Å². The summed E-state index contributed by atoms with van der Waals surface area (Å²) >= 11 is 0.